The van der Waals surface area contributed by atoms with Gasteiger partial charge in [-0.25, -0.2) is 0 Å². The number of nitriles is 1. The normalized spacial score (nSPS) is 20.2. The maximum atomic E-state index is 12.5. The molecule has 2 atom stereocenters. The average molecular weight is 445 g/mol. The first-order valence-electron chi connectivity index (χ1n) is 11.9. The van der Waals surface area contributed by atoms with E-state index in [0.29, 0.717) is 30.1 Å². The first-order valence-corrected chi connectivity index (χ1v) is 11.9. The Morgan fingerprint density at radius 3 is 2.79 bits per heavy atom. The van der Waals surface area contributed by atoms with Crippen LogP contribution in [0.3, 0.4) is 0 Å². The van der Waals surface area contributed by atoms with E-state index in [1.807, 2.05) is 18.2 Å². The Bertz CT molecular complexity index is 1050. The Morgan fingerprint density at radius 1 is 1.24 bits per heavy atom. The number of nitrogens with one attached hydrogen (secondary N) is 1. The number of aromatic nitrogens is 1. The zero-order chi connectivity index (χ0) is 23.3. The van der Waals surface area contributed by atoms with Gasteiger partial charge in [0.25, 0.3) is 0 Å². The lowest BCUT2D eigenvalue weighted by Gasteiger charge is -2.35. The quantitative estimate of drug-likeness (QED) is 0.653. The molecular formula is C27H32N4O2. The second-order valence-corrected chi connectivity index (χ2v) is 9.59. The molecule has 172 valence electrons. The summed E-state index contributed by atoms with van der Waals surface area (Å²) in [7, 11) is 0. The van der Waals surface area contributed by atoms with Crippen molar-refractivity contribution in [1.82, 2.24) is 10.3 Å². The van der Waals surface area contributed by atoms with Gasteiger partial charge in [-0.3, -0.25) is 14.8 Å². The lowest BCUT2D eigenvalue weighted by Crippen LogP contribution is -2.34. The van der Waals surface area contributed by atoms with Gasteiger partial charge in [-0.2, -0.15) is 5.26 Å². The monoisotopic (exact) mass is 444 g/mol. The summed E-state index contributed by atoms with van der Waals surface area (Å²) >= 11 is 0. The number of aliphatic imine (C=N–C) groups is 1. The summed E-state index contributed by atoms with van der Waals surface area (Å²) in [6, 6.07) is 13.3. The van der Waals surface area contributed by atoms with Crippen LogP contribution in [0.5, 0.6) is 0 Å². The molecule has 0 saturated heterocycles. The van der Waals surface area contributed by atoms with E-state index in [1.165, 1.54) is 19.3 Å². The molecule has 2 aromatic rings. The predicted molar refractivity (Wildman–Crippen MR) is 128 cm³/mol. The fraction of sp³-hybridized carbons (Fsp3) is 0.481. The van der Waals surface area contributed by atoms with Crippen LogP contribution in [0.15, 0.2) is 47.6 Å². The van der Waals surface area contributed by atoms with E-state index < -0.39 is 5.60 Å². The zero-order valence-electron chi connectivity index (χ0n) is 19.3. The van der Waals surface area contributed by atoms with Gasteiger partial charge < -0.3 is 10.4 Å². The molecule has 1 amide bonds. The summed E-state index contributed by atoms with van der Waals surface area (Å²) in [5, 5.41) is 22.9. The van der Waals surface area contributed by atoms with Crippen molar-refractivity contribution in [3.8, 4) is 6.07 Å². The van der Waals surface area contributed by atoms with Crippen LogP contribution < -0.4 is 5.32 Å². The SMILES string of the molecule is C[C@](O)(CC(=O)NCCC1=Nc2ccc(C#N)cc2CCC(C2CCC2)C1)c1ccccn1. The number of hydrogen-bond donors (Lipinski definition) is 2. The van der Waals surface area contributed by atoms with Crippen molar-refractivity contribution in [3.63, 3.8) is 0 Å². The second-order valence-electron chi connectivity index (χ2n) is 9.59. The topological polar surface area (TPSA) is 98.4 Å². The van der Waals surface area contributed by atoms with Gasteiger partial charge in [0.1, 0.15) is 5.60 Å². The molecule has 1 saturated carbocycles. The summed E-state index contributed by atoms with van der Waals surface area (Å²) in [5.41, 5.74) is 3.05. The Labute approximate surface area is 195 Å². The van der Waals surface area contributed by atoms with E-state index in [-0.39, 0.29) is 12.3 Å². The molecule has 6 heteroatoms. The Kier molecular flexibility index (Phi) is 7.20. The van der Waals surface area contributed by atoms with Crippen LogP contribution in [0.1, 0.15) is 68.7 Å². The number of fused-ring (bicyclic) bond motifs is 1. The van der Waals surface area contributed by atoms with E-state index in [2.05, 4.69) is 16.4 Å². The zero-order valence-corrected chi connectivity index (χ0v) is 19.3. The highest BCUT2D eigenvalue weighted by atomic mass is 16.3. The summed E-state index contributed by atoms with van der Waals surface area (Å²) < 4.78 is 0. The minimum atomic E-state index is -1.31. The van der Waals surface area contributed by atoms with Crippen molar-refractivity contribution in [2.75, 3.05) is 6.54 Å². The maximum Gasteiger partial charge on any atom is 0.223 e. The van der Waals surface area contributed by atoms with Gasteiger partial charge in [0.2, 0.25) is 5.91 Å². The van der Waals surface area contributed by atoms with E-state index in [4.69, 9.17) is 4.99 Å². The molecule has 0 spiro atoms. The lowest BCUT2D eigenvalue weighted by atomic mass is 9.71. The van der Waals surface area contributed by atoms with Crippen LogP contribution in [-0.4, -0.2) is 28.3 Å². The Balaban J connectivity index is 1.41. The van der Waals surface area contributed by atoms with Crippen LogP contribution in [-0.2, 0) is 16.8 Å². The molecule has 2 aliphatic rings. The number of amides is 1. The fourth-order valence-corrected chi connectivity index (χ4v) is 4.89. The minimum Gasteiger partial charge on any atom is -0.383 e. The Morgan fingerprint density at radius 2 is 2.09 bits per heavy atom. The molecule has 2 N–H and O–H groups in total. The van der Waals surface area contributed by atoms with Crippen LogP contribution in [0.4, 0.5) is 5.69 Å². The number of rotatable bonds is 7. The molecule has 4 rings (SSSR count). The third-order valence-electron chi connectivity index (χ3n) is 7.04. The van der Waals surface area contributed by atoms with Crippen LogP contribution >= 0.6 is 0 Å². The number of benzene rings is 1. The van der Waals surface area contributed by atoms with E-state index in [0.717, 1.165) is 42.1 Å². The van der Waals surface area contributed by atoms with Crippen LogP contribution in [0.2, 0.25) is 0 Å². The highest BCUT2D eigenvalue weighted by Gasteiger charge is 2.30. The van der Waals surface area contributed by atoms with E-state index in [9.17, 15) is 15.2 Å². The van der Waals surface area contributed by atoms with E-state index in [1.54, 1.807) is 31.3 Å². The van der Waals surface area contributed by atoms with Crippen molar-refractivity contribution in [3.05, 3.63) is 59.4 Å². The standard InChI is InChI=1S/C27H32N4O2/c1-27(33,25-7-2-3-13-29-25)17-26(32)30-14-12-23-16-21(20-5-4-6-20)9-10-22-15-19(18-28)8-11-24(22)31-23/h2-3,7-8,11,13,15,20-21,33H,4-6,9-10,12,14,16-17H2,1H3,(H,30,32)/t21?,27-/m0/s1. The number of aryl methyl sites for hydroxylation is 1. The third kappa shape index (κ3) is 5.85. The van der Waals surface area contributed by atoms with E-state index >= 15 is 0 Å². The van der Waals surface area contributed by atoms with Gasteiger partial charge in [0.05, 0.1) is 29.4 Å². The number of hydrogen-bond acceptors (Lipinski definition) is 5. The van der Waals surface area contributed by atoms with Crippen molar-refractivity contribution in [1.29, 1.82) is 5.26 Å². The number of nitrogens with zero attached hydrogens (tertiary/aromatic N) is 3. The molecule has 0 radical (unpaired) electrons. The fourth-order valence-electron chi connectivity index (χ4n) is 4.89. The summed E-state index contributed by atoms with van der Waals surface area (Å²) in [6.07, 6.45) is 9.20. The summed E-state index contributed by atoms with van der Waals surface area (Å²) in [5.74, 6) is 1.17. The third-order valence-corrected chi connectivity index (χ3v) is 7.04. The van der Waals surface area contributed by atoms with Gasteiger partial charge in [0, 0.05) is 24.9 Å². The van der Waals surface area contributed by atoms with Gasteiger partial charge in [-0.05, 0) is 73.9 Å². The van der Waals surface area contributed by atoms with Crippen molar-refractivity contribution in [2.45, 2.75) is 63.9 Å². The smallest absolute Gasteiger partial charge is 0.223 e. The van der Waals surface area contributed by atoms with Crippen molar-refractivity contribution < 1.29 is 9.90 Å². The maximum absolute atomic E-state index is 12.5. The van der Waals surface area contributed by atoms with Gasteiger partial charge in [-0.1, -0.05) is 25.3 Å². The predicted octanol–water partition coefficient (Wildman–Crippen LogP) is 4.58. The lowest BCUT2D eigenvalue weighted by molar-refractivity contribution is -0.125. The van der Waals surface area contributed by atoms with Gasteiger partial charge in [0.15, 0.2) is 0 Å². The molecule has 6 nitrogen and oxygen atoms in total. The van der Waals surface area contributed by atoms with Crippen molar-refractivity contribution in [2.24, 2.45) is 16.8 Å². The summed E-state index contributed by atoms with van der Waals surface area (Å²) in [4.78, 5) is 21.7. The molecule has 1 fully saturated rings. The van der Waals surface area contributed by atoms with Crippen molar-refractivity contribution >= 4 is 17.3 Å². The minimum absolute atomic E-state index is 0.0407. The van der Waals surface area contributed by atoms with Crippen LogP contribution in [0.25, 0.3) is 0 Å². The molecule has 1 unspecified atom stereocenters. The van der Waals surface area contributed by atoms with Gasteiger partial charge >= 0.3 is 0 Å². The molecule has 0 bridgehead atoms. The highest BCUT2D eigenvalue weighted by molar-refractivity contribution is 5.88. The number of pyridine rings is 1. The molecule has 1 aliphatic heterocycles. The van der Waals surface area contributed by atoms with Gasteiger partial charge in [-0.15, -0.1) is 0 Å². The highest BCUT2D eigenvalue weighted by Crippen LogP contribution is 2.40. The molecule has 2 heterocycles. The Hall–Kier alpha value is -3.04. The first-order chi connectivity index (χ1) is 15.9. The van der Waals surface area contributed by atoms with Crippen LogP contribution in [0, 0.1) is 23.2 Å². The number of carbonyl (C=O) groups excluding carboxylic acids is 1. The number of aliphatic hydroxyl groups is 1. The second kappa shape index (κ2) is 10.3. The molecule has 1 aliphatic carbocycles. The molecule has 1 aromatic heterocycles. The first kappa shape index (κ1) is 23.1. The largest absolute Gasteiger partial charge is 0.383 e. The molecule has 1 aromatic carbocycles. The molecular weight excluding hydrogens is 412 g/mol. The molecule has 33 heavy (non-hydrogen) atoms. The average Bonchev–Trinajstić information content (AvgIpc) is 2.75. The summed E-state index contributed by atoms with van der Waals surface area (Å²) in [6.45, 7) is 2.10. The number of carbonyl (C=O) groups is 1.